The highest BCUT2D eigenvalue weighted by molar-refractivity contribution is 7.99. The monoisotopic (exact) mass is 438 g/mol. The van der Waals surface area contributed by atoms with E-state index in [1.54, 1.807) is 18.2 Å². The molecule has 31 heavy (non-hydrogen) atoms. The van der Waals surface area contributed by atoms with Crippen LogP contribution in [0.2, 0.25) is 0 Å². The molecule has 0 aliphatic heterocycles. The van der Waals surface area contributed by atoms with Crippen LogP contribution in [0.1, 0.15) is 42.1 Å². The second-order valence-electron chi connectivity index (χ2n) is 7.21. The zero-order valence-electron chi connectivity index (χ0n) is 17.8. The van der Waals surface area contributed by atoms with E-state index in [1.807, 2.05) is 30.3 Å². The number of methoxy groups -OCH3 is 1. The van der Waals surface area contributed by atoms with E-state index in [9.17, 15) is 14.4 Å². The number of fused-ring (bicyclic) bond motifs is 1. The second kappa shape index (κ2) is 10.9. The van der Waals surface area contributed by atoms with Gasteiger partial charge in [0.05, 0.1) is 30.2 Å². The molecule has 0 aliphatic rings. The molecule has 162 valence electrons. The number of hydrogen-bond donors (Lipinski definition) is 0. The van der Waals surface area contributed by atoms with Crippen LogP contribution in [0.4, 0.5) is 0 Å². The Hall–Kier alpha value is -2.93. The van der Waals surface area contributed by atoms with Crippen molar-refractivity contribution in [3.8, 4) is 0 Å². The maximum absolute atomic E-state index is 13.0. The molecule has 0 aliphatic carbocycles. The van der Waals surface area contributed by atoms with Crippen molar-refractivity contribution in [3.63, 3.8) is 0 Å². The fraction of sp³-hybridized carbons (Fsp3) is 0.333. The van der Waals surface area contributed by atoms with Gasteiger partial charge >= 0.3 is 5.97 Å². The van der Waals surface area contributed by atoms with Crippen molar-refractivity contribution in [2.24, 2.45) is 0 Å². The van der Waals surface area contributed by atoms with Crippen LogP contribution >= 0.6 is 11.8 Å². The van der Waals surface area contributed by atoms with E-state index < -0.39 is 5.97 Å². The van der Waals surface area contributed by atoms with Crippen molar-refractivity contribution in [1.29, 1.82) is 0 Å². The number of ketones is 1. The number of aryl methyl sites for hydroxylation is 1. The van der Waals surface area contributed by atoms with E-state index >= 15 is 0 Å². The Balaban J connectivity index is 1.80. The molecule has 0 fully saturated rings. The lowest BCUT2D eigenvalue weighted by atomic mass is 10.1. The number of unbranched alkanes of at least 4 members (excludes halogenated alkanes) is 1. The average Bonchev–Trinajstić information content (AvgIpc) is 2.80. The first-order valence-corrected chi connectivity index (χ1v) is 11.3. The molecule has 0 saturated carbocycles. The van der Waals surface area contributed by atoms with Crippen molar-refractivity contribution in [2.75, 3.05) is 12.9 Å². The maximum Gasteiger partial charge on any atom is 0.307 e. The van der Waals surface area contributed by atoms with E-state index in [4.69, 9.17) is 4.74 Å². The number of nitrogens with zero attached hydrogens (tertiary/aromatic N) is 2. The molecule has 0 atom stereocenters. The molecule has 3 rings (SSSR count). The number of benzene rings is 2. The molecule has 0 spiro atoms. The largest absolute Gasteiger partial charge is 0.469 e. The minimum absolute atomic E-state index is 0.0334. The highest BCUT2D eigenvalue weighted by atomic mass is 32.2. The first-order chi connectivity index (χ1) is 15.0. The molecule has 0 radical (unpaired) electrons. The number of hydrogen-bond acceptors (Lipinski definition) is 6. The molecule has 6 nitrogen and oxygen atoms in total. The van der Waals surface area contributed by atoms with Gasteiger partial charge in [-0.15, -0.1) is 0 Å². The Morgan fingerprint density at radius 1 is 1.10 bits per heavy atom. The Kier molecular flexibility index (Phi) is 8.00. The third-order valence-electron chi connectivity index (χ3n) is 5.02. The molecule has 0 bridgehead atoms. The smallest absolute Gasteiger partial charge is 0.307 e. The van der Waals surface area contributed by atoms with Gasteiger partial charge in [-0.25, -0.2) is 4.98 Å². The van der Waals surface area contributed by atoms with Crippen LogP contribution in [-0.4, -0.2) is 34.2 Å². The molecule has 2 aromatic carbocycles. The first kappa shape index (κ1) is 22.7. The lowest BCUT2D eigenvalue weighted by Gasteiger charge is -2.12. The molecule has 7 heteroatoms. The standard InChI is InChI=1S/C24H26N2O4S/c1-3-4-7-17-10-12-18(13-11-17)21(27)16-31-24-25-20-9-6-5-8-19(20)23(29)26(24)15-14-22(28)30-2/h5-6,8-13H,3-4,7,14-16H2,1-2H3. The van der Waals surface area contributed by atoms with Gasteiger partial charge in [0.15, 0.2) is 10.9 Å². The third-order valence-corrected chi connectivity index (χ3v) is 6.00. The first-order valence-electron chi connectivity index (χ1n) is 10.3. The molecule has 0 saturated heterocycles. The minimum atomic E-state index is -0.407. The van der Waals surface area contributed by atoms with Crippen LogP contribution in [0, 0.1) is 0 Å². The summed E-state index contributed by atoms with van der Waals surface area (Å²) in [4.78, 5) is 41.8. The van der Waals surface area contributed by atoms with Gasteiger partial charge in [0.25, 0.3) is 5.56 Å². The molecule has 1 heterocycles. The Labute approximate surface area is 185 Å². The van der Waals surface area contributed by atoms with Crippen LogP contribution < -0.4 is 5.56 Å². The number of carbonyl (C=O) groups is 2. The summed E-state index contributed by atoms with van der Waals surface area (Å²) >= 11 is 1.21. The van der Waals surface area contributed by atoms with Crippen molar-refractivity contribution < 1.29 is 14.3 Å². The molecule has 0 amide bonds. The lowest BCUT2D eigenvalue weighted by Crippen LogP contribution is -2.25. The summed E-state index contributed by atoms with van der Waals surface area (Å²) in [5.74, 6) is -0.290. The van der Waals surface area contributed by atoms with Gasteiger partial charge in [-0.05, 0) is 30.5 Å². The van der Waals surface area contributed by atoms with Gasteiger partial charge in [0.1, 0.15) is 0 Å². The van der Waals surface area contributed by atoms with E-state index in [0.717, 1.165) is 19.3 Å². The van der Waals surface area contributed by atoms with E-state index in [2.05, 4.69) is 11.9 Å². The quantitative estimate of drug-likeness (QED) is 0.204. The molecular formula is C24H26N2O4S. The van der Waals surface area contributed by atoms with Crippen molar-refractivity contribution in [3.05, 3.63) is 70.0 Å². The summed E-state index contributed by atoms with van der Waals surface area (Å²) in [7, 11) is 1.31. The SMILES string of the molecule is CCCCc1ccc(C(=O)CSc2nc3ccccc3c(=O)n2CCC(=O)OC)cc1. The molecular weight excluding hydrogens is 412 g/mol. The number of esters is 1. The highest BCUT2D eigenvalue weighted by Crippen LogP contribution is 2.20. The maximum atomic E-state index is 13.0. The summed E-state index contributed by atoms with van der Waals surface area (Å²) < 4.78 is 6.14. The van der Waals surface area contributed by atoms with Gasteiger partial charge in [0.2, 0.25) is 0 Å². The number of carbonyl (C=O) groups excluding carboxylic acids is 2. The van der Waals surface area contributed by atoms with E-state index in [1.165, 1.54) is 29.0 Å². The summed E-state index contributed by atoms with van der Waals surface area (Å²) in [5.41, 5.74) is 2.19. The van der Waals surface area contributed by atoms with Gasteiger partial charge in [-0.3, -0.25) is 19.0 Å². The molecule has 0 N–H and O–H groups in total. The molecule has 3 aromatic rings. The van der Waals surface area contributed by atoms with Gasteiger partial charge in [-0.2, -0.15) is 0 Å². The predicted octanol–water partition coefficient (Wildman–Crippen LogP) is 4.28. The van der Waals surface area contributed by atoms with Crippen molar-refractivity contribution in [2.45, 2.75) is 44.3 Å². The number of ether oxygens (including phenoxy) is 1. The van der Waals surface area contributed by atoms with Gasteiger partial charge in [0, 0.05) is 12.1 Å². The van der Waals surface area contributed by atoms with Crippen LogP contribution in [-0.2, 0) is 22.5 Å². The van der Waals surface area contributed by atoms with E-state index in [-0.39, 0.29) is 30.1 Å². The number of Topliss-reactive ketones (excluding diaryl/α,β-unsaturated/α-hetero) is 1. The number of aromatic nitrogens is 2. The van der Waals surface area contributed by atoms with Crippen LogP contribution in [0.25, 0.3) is 10.9 Å². The predicted molar refractivity (Wildman–Crippen MR) is 123 cm³/mol. The summed E-state index contributed by atoms with van der Waals surface area (Å²) in [6, 6.07) is 14.8. The van der Waals surface area contributed by atoms with E-state index in [0.29, 0.717) is 21.6 Å². The summed E-state index contributed by atoms with van der Waals surface area (Å²) in [6.45, 7) is 2.30. The number of rotatable bonds is 10. The van der Waals surface area contributed by atoms with Crippen LogP contribution in [0.15, 0.2) is 58.5 Å². The van der Waals surface area contributed by atoms with Crippen molar-refractivity contribution in [1.82, 2.24) is 9.55 Å². The zero-order valence-corrected chi connectivity index (χ0v) is 18.6. The topological polar surface area (TPSA) is 78.3 Å². The number of thioether (sulfide) groups is 1. The molecule has 0 unspecified atom stereocenters. The van der Waals surface area contributed by atoms with Crippen LogP contribution in [0.5, 0.6) is 0 Å². The Morgan fingerprint density at radius 3 is 2.55 bits per heavy atom. The van der Waals surface area contributed by atoms with Crippen LogP contribution in [0.3, 0.4) is 0 Å². The minimum Gasteiger partial charge on any atom is -0.469 e. The fourth-order valence-corrected chi connectivity index (χ4v) is 4.13. The zero-order chi connectivity index (χ0) is 22.2. The molecule has 1 aromatic heterocycles. The second-order valence-corrected chi connectivity index (χ2v) is 8.15. The lowest BCUT2D eigenvalue weighted by molar-refractivity contribution is -0.140. The third kappa shape index (κ3) is 5.82. The Morgan fingerprint density at radius 2 is 1.84 bits per heavy atom. The van der Waals surface area contributed by atoms with Gasteiger partial charge in [-0.1, -0.05) is 61.5 Å². The number of para-hydroxylation sites is 1. The highest BCUT2D eigenvalue weighted by Gasteiger charge is 2.15. The van der Waals surface area contributed by atoms with Gasteiger partial charge < -0.3 is 4.74 Å². The van der Waals surface area contributed by atoms with Crippen molar-refractivity contribution >= 4 is 34.4 Å². The summed E-state index contributed by atoms with van der Waals surface area (Å²) in [6.07, 6.45) is 3.32. The average molecular weight is 439 g/mol. The fourth-order valence-electron chi connectivity index (χ4n) is 3.21. The Bertz CT molecular complexity index is 1120. The normalized spacial score (nSPS) is 10.9. The summed E-state index contributed by atoms with van der Waals surface area (Å²) in [5, 5.41) is 0.895.